The number of benzene rings is 1. The molecule has 8 nitrogen and oxygen atoms in total. The summed E-state index contributed by atoms with van der Waals surface area (Å²) < 4.78 is 44.9. The Morgan fingerprint density at radius 2 is 2.20 bits per heavy atom. The van der Waals surface area contributed by atoms with E-state index in [9.17, 15) is 17.6 Å². The first-order valence-electron chi connectivity index (χ1n) is 9.40. The minimum atomic E-state index is -3.08. The minimum absolute atomic E-state index is 0.0150. The highest BCUT2D eigenvalue weighted by molar-refractivity contribution is 7.97. The van der Waals surface area contributed by atoms with Gasteiger partial charge in [0.25, 0.3) is 0 Å². The molecule has 0 radical (unpaired) electrons. The highest BCUT2D eigenvalue weighted by Gasteiger charge is 2.33. The zero-order valence-corrected chi connectivity index (χ0v) is 18.0. The number of cyclic esters (lactones) is 1. The zero-order chi connectivity index (χ0) is 21.3. The first-order valence-corrected chi connectivity index (χ1v) is 12.6. The van der Waals surface area contributed by atoms with Gasteiger partial charge in [-0.1, -0.05) is 11.3 Å². The number of allylic oxidation sites excluding steroid dienone is 1. The van der Waals surface area contributed by atoms with E-state index in [0.29, 0.717) is 23.4 Å². The van der Waals surface area contributed by atoms with Gasteiger partial charge >= 0.3 is 6.09 Å². The molecule has 11 heteroatoms. The Bertz CT molecular complexity index is 1100. The van der Waals surface area contributed by atoms with Crippen LogP contribution in [0, 0.1) is 5.82 Å². The Kier molecular flexibility index (Phi) is 5.83. The van der Waals surface area contributed by atoms with E-state index in [-0.39, 0.29) is 24.5 Å². The summed E-state index contributed by atoms with van der Waals surface area (Å²) in [4.78, 5) is 13.7. The monoisotopic (exact) mass is 452 g/mol. The van der Waals surface area contributed by atoms with Gasteiger partial charge in [0.15, 0.2) is 9.84 Å². The number of amides is 1. The lowest BCUT2D eigenvalue weighted by Crippen LogP contribution is -2.26. The van der Waals surface area contributed by atoms with Gasteiger partial charge in [-0.3, -0.25) is 4.90 Å². The van der Waals surface area contributed by atoms with Crippen molar-refractivity contribution in [3.63, 3.8) is 0 Å². The first kappa shape index (κ1) is 20.9. The van der Waals surface area contributed by atoms with E-state index in [0.717, 1.165) is 11.4 Å². The van der Waals surface area contributed by atoms with Crippen molar-refractivity contribution < 1.29 is 22.3 Å². The van der Waals surface area contributed by atoms with Crippen LogP contribution in [0.5, 0.6) is 0 Å². The maximum atomic E-state index is 14.7. The molecule has 1 aromatic heterocycles. The summed E-state index contributed by atoms with van der Waals surface area (Å²) in [5.74, 6) is 0.197. The van der Waals surface area contributed by atoms with Crippen LogP contribution in [0.1, 0.15) is 17.7 Å². The largest absolute Gasteiger partial charge is 0.442 e. The van der Waals surface area contributed by atoms with E-state index < -0.39 is 27.9 Å². The first-order chi connectivity index (χ1) is 14.3. The van der Waals surface area contributed by atoms with Crippen molar-refractivity contribution in [1.82, 2.24) is 15.0 Å². The Labute approximate surface area is 178 Å². The normalized spacial score (nSPS) is 20.9. The molecule has 1 amide bonds. The summed E-state index contributed by atoms with van der Waals surface area (Å²) in [5, 5.41) is 8.11. The van der Waals surface area contributed by atoms with Crippen LogP contribution >= 0.6 is 11.8 Å². The molecule has 0 aliphatic carbocycles. The van der Waals surface area contributed by atoms with Crippen molar-refractivity contribution in [2.45, 2.75) is 24.8 Å². The van der Waals surface area contributed by atoms with Crippen LogP contribution in [-0.4, -0.2) is 59.9 Å². The number of carbonyl (C=O) groups excluding carboxylic acids is 1. The van der Waals surface area contributed by atoms with Gasteiger partial charge in [-0.05, 0) is 36.4 Å². The van der Waals surface area contributed by atoms with Crippen LogP contribution in [0.3, 0.4) is 0 Å². The van der Waals surface area contributed by atoms with E-state index >= 15 is 0 Å². The number of anilines is 1. The molecule has 0 bridgehead atoms. The van der Waals surface area contributed by atoms with Gasteiger partial charge in [0, 0.05) is 17.5 Å². The lowest BCUT2D eigenvalue weighted by atomic mass is 10.0. The van der Waals surface area contributed by atoms with Crippen molar-refractivity contribution in [1.29, 1.82) is 0 Å². The fourth-order valence-corrected chi connectivity index (χ4v) is 5.11. The number of rotatable bonds is 6. The van der Waals surface area contributed by atoms with Gasteiger partial charge in [-0.2, -0.15) is 11.8 Å². The predicted octanol–water partition coefficient (Wildman–Crippen LogP) is 2.51. The molecule has 0 saturated carbocycles. The highest BCUT2D eigenvalue weighted by Crippen LogP contribution is 2.30. The fourth-order valence-electron chi connectivity index (χ4n) is 3.53. The molecule has 4 rings (SSSR count). The van der Waals surface area contributed by atoms with E-state index in [4.69, 9.17) is 4.74 Å². The topological polar surface area (TPSA) is 94.4 Å². The quantitative estimate of drug-likeness (QED) is 0.665. The van der Waals surface area contributed by atoms with Gasteiger partial charge in [-0.25, -0.2) is 22.3 Å². The number of nitrogens with zero attached hydrogens (tertiary/aromatic N) is 4. The summed E-state index contributed by atoms with van der Waals surface area (Å²) in [6, 6.07) is 4.52. The predicted molar refractivity (Wildman–Crippen MR) is 113 cm³/mol. The molecule has 1 atom stereocenters. The summed E-state index contributed by atoms with van der Waals surface area (Å²) in [6.45, 7) is 0.641. The maximum absolute atomic E-state index is 14.7. The molecular weight excluding hydrogens is 431 g/mol. The molecule has 2 aromatic rings. The van der Waals surface area contributed by atoms with Crippen molar-refractivity contribution in [3.8, 4) is 0 Å². The number of thioether (sulfide) groups is 1. The van der Waals surface area contributed by atoms with Crippen molar-refractivity contribution >= 4 is 39.0 Å². The summed E-state index contributed by atoms with van der Waals surface area (Å²) >= 11 is 1.64. The minimum Gasteiger partial charge on any atom is -0.442 e. The highest BCUT2D eigenvalue weighted by atomic mass is 32.2. The van der Waals surface area contributed by atoms with Gasteiger partial charge < -0.3 is 4.74 Å². The number of ether oxygens (including phenoxy) is 1. The Balaban J connectivity index is 1.45. The second-order valence-electron chi connectivity index (χ2n) is 7.24. The van der Waals surface area contributed by atoms with E-state index in [1.54, 1.807) is 34.7 Å². The summed E-state index contributed by atoms with van der Waals surface area (Å²) in [6.07, 6.45) is 4.67. The number of hydrogen-bond donors (Lipinski definition) is 0. The second-order valence-corrected chi connectivity index (χ2v) is 10.3. The molecule has 1 fully saturated rings. The number of carbonyl (C=O) groups is 1. The molecule has 2 aliphatic heterocycles. The Morgan fingerprint density at radius 3 is 2.90 bits per heavy atom. The van der Waals surface area contributed by atoms with Crippen LogP contribution in [0.2, 0.25) is 0 Å². The molecule has 3 heterocycles. The van der Waals surface area contributed by atoms with Crippen molar-refractivity contribution in [3.05, 3.63) is 47.5 Å². The smallest absolute Gasteiger partial charge is 0.414 e. The maximum Gasteiger partial charge on any atom is 0.414 e. The SMILES string of the molecule is CSCc1cn(C[C@H]2CN(c3ccc(C4=CCS(=O)(=O)CC4)c(F)c3)C(=O)O2)nn1. The van der Waals surface area contributed by atoms with E-state index in [1.165, 1.54) is 11.0 Å². The summed E-state index contributed by atoms with van der Waals surface area (Å²) in [5.41, 5.74) is 2.28. The van der Waals surface area contributed by atoms with Crippen LogP contribution in [-0.2, 0) is 26.9 Å². The fraction of sp³-hybridized carbons (Fsp3) is 0.421. The number of aromatic nitrogens is 3. The van der Waals surface area contributed by atoms with Crippen LogP contribution in [0.4, 0.5) is 14.9 Å². The third-order valence-electron chi connectivity index (χ3n) is 5.02. The van der Waals surface area contributed by atoms with Crippen LogP contribution in [0.15, 0.2) is 30.5 Å². The average molecular weight is 453 g/mol. The standard InChI is InChI=1S/C19H21FN4O4S2/c1-29-12-14-9-23(22-21-14)10-16-11-24(19(25)28-16)15-2-3-17(18(20)8-15)13-4-6-30(26,27)7-5-13/h2-4,8-9,16H,5-7,10-12H2,1H3/t16-/m0/s1. The van der Waals surface area contributed by atoms with Crippen LogP contribution < -0.4 is 4.90 Å². The van der Waals surface area contributed by atoms with E-state index in [2.05, 4.69) is 10.3 Å². The van der Waals surface area contributed by atoms with E-state index in [1.807, 2.05) is 12.5 Å². The van der Waals surface area contributed by atoms with Crippen molar-refractivity contribution in [2.75, 3.05) is 29.2 Å². The molecule has 1 saturated heterocycles. The van der Waals surface area contributed by atoms with Gasteiger partial charge in [-0.15, -0.1) is 5.10 Å². The summed E-state index contributed by atoms with van der Waals surface area (Å²) in [7, 11) is -3.08. The van der Waals surface area contributed by atoms with Gasteiger partial charge in [0.05, 0.1) is 36.0 Å². The molecule has 160 valence electrons. The molecule has 0 unspecified atom stereocenters. The van der Waals surface area contributed by atoms with Crippen molar-refractivity contribution in [2.24, 2.45) is 0 Å². The number of halogens is 1. The lowest BCUT2D eigenvalue weighted by molar-refractivity contribution is 0.129. The zero-order valence-electron chi connectivity index (χ0n) is 16.3. The molecule has 0 N–H and O–H groups in total. The third-order valence-corrected chi connectivity index (χ3v) is 7.10. The van der Waals surface area contributed by atoms with Gasteiger partial charge in [0.1, 0.15) is 11.9 Å². The molecule has 0 spiro atoms. The Morgan fingerprint density at radius 1 is 1.37 bits per heavy atom. The molecule has 30 heavy (non-hydrogen) atoms. The molecular formula is C19H21FN4O4S2. The molecule has 1 aromatic carbocycles. The second kappa shape index (κ2) is 8.38. The molecule has 2 aliphatic rings. The van der Waals surface area contributed by atoms with Crippen LogP contribution in [0.25, 0.3) is 5.57 Å². The number of sulfone groups is 1. The van der Waals surface area contributed by atoms with Gasteiger partial charge in [0.2, 0.25) is 0 Å². The average Bonchev–Trinajstić information content (AvgIpc) is 3.29. The Hall–Kier alpha value is -2.40. The third kappa shape index (κ3) is 4.51. The lowest BCUT2D eigenvalue weighted by Gasteiger charge is -2.17. The number of hydrogen-bond acceptors (Lipinski definition) is 7.